The molecular weight excluding hydrogens is 392 g/mol. The summed E-state index contributed by atoms with van der Waals surface area (Å²) in [5.74, 6) is 1.44. The molecule has 7 nitrogen and oxygen atoms in total. The van der Waals surface area contributed by atoms with Crippen LogP contribution in [-0.4, -0.2) is 36.1 Å². The summed E-state index contributed by atoms with van der Waals surface area (Å²) in [6, 6.07) is 0.501. The number of nitrogens with zero attached hydrogens (tertiary/aromatic N) is 5. The smallest absolute Gasteiger partial charge is 0.321 e. The first-order chi connectivity index (χ1) is 13.5. The minimum atomic E-state index is 0.501. The molecule has 1 N–H and O–H groups in total. The molecule has 1 aliphatic rings. The van der Waals surface area contributed by atoms with Crippen LogP contribution >= 0.6 is 23.6 Å². The van der Waals surface area contributed by atoms with E-state index in [0.717, 1.165) is 34.8 Å². The van der Waals surface area contributed by atoms with Gasteiger partial charge >= 0.3 is 6.01 Å². The molecule has 0 saturated carbocycles. The summed E-state index contributed by atoms with van der Waals surface area (Å²) >= 11 is 7.54. The van der Waals surface area contributed by atoms with Gasteiger partial charge in [-0.25, -0.2) is 14.2 Å². The minimum absolute atomic E-state index is 0.501. The van der Waals surface area contributed by atoms with E-state index in [2.05, 4.69) is 33.8 Å². The van der Waals surface area contributed by atoms with Crippen molar-refractivity contribution in [3.05, 3.63) is 33.7 Å². The van der Waals surface area contributed by atoms with Crippen molar-refractivity contribution in [2.24, 2.45) is 5.92 Å². The van der Waals surface area contributed by atoms with E-state index in [1.165, 1.54) is 16.9 Å². The number of aromatic nitrogens is 6. The van der Waals surface area contributed by atoms with E-state index in [4.69, 9.17) is 17.0 Å². The second kappa shape index (κ2) is 7.63. The van der Waals surface area contributed by atoms with Crippen LogP contribution in [0.1, 0.15) is 37.6 Å². The lowest BCUT2D eigenvalue weighted by atomic mass is 9.88. The van der Waals surface area contributed by atoms with E-state index < -0.39 is 0 Å². The van der Waals surface area contributed by atoms with E-state index in [1.807, 2.05) is 18.4 Å². The maximum atomic E-state index is 5.86. The molecule has 0 spiro atoms. The van der Waals surface area contributed by atoms with Gasteiger partial charge in [-0.1, -0.05) is 19.1 Å². The highest BCUT2D eigenvalue weighted by molar-refractivity contribution is 7.71. The van der Waals surface area contributed by atoms with Crippen LogP contribution in [-0.2, 0) is 19.4 Å². The van der Waals surface area contributed by atoms with E-state index in [9.17, 15) is 0 Å². The average molecular weight is 417 g/mol. The fourth-order valence-electron chi connectivity index (χ4n) is 3.61. The Labute approximate surface area is 173 Å². The predicted octanol–water partition coefficient (Wildman–Crippen LogP) is 4.35. The molecule has 4 rings (SSSR count). The summed E-state index contributed by atoms with van der Waals surface area (Å²) in [6.45, 7) is 11.3. The SMILES string of the molecule is C=C(C)Cn1nc(OCC)n(-c2sc3c(c2-c2ncn[nH]2)CC[C@H](C)C3)c1=S. The third kappa shape index (κ3) is 3.33. The third-order valence-electron chi connectivity index (χ3n) is 4.85. The van der Waals surface area contributed by atoms with Crippen LogP contribution in [0.4, 0.5) is 0 Å². The molecule has 3 heterocycles. The quantitative estimate of drug-likeness (QED) is 0.478. The lowest BCUT2D eigenvalue weighted by Gasteiger charge is -2.18. The Morgan fingerprint density at radius 2 is 2.32 bits per heavy atom. The maximum absolute atomic E-state index is 5.86. The van der Waals surface area contributed by atoms with Gasteiger partial charge in [0.05, 0.1) is 18.7 Å². The highest BCUT2D eigenvalue weighted by Crippen LogP contribution is 2.43. The van der Waals surface area contributed by atoms with Crippen molar-refractivity contribution in [1.29, 1.82) is 0 Å². The first-order valence-electron chi connectivity index (χ1n) is 9.47. The minimum Gasteiger partial charge on any atom is -0.464 e. The van der Waals surface area contributed by atoms with Crippen molar-refractivity contribution in [3.63, 3.8) is 0 Å². The van der Waals surface area contributed by atoms with Gasteiger partial charge in [0.15, 0.2) is 5.82 Å². The van der Waals surface area contributed by atoms with Gasteiger partial charge in [0.2, 0.25) is 4.77 Å². The van der Waals surface area contributed by atoms with Crippen molar-refractivity contribution >= 4 is 23.6 Å². The predicted molar refractivity (Wildman–Crippen MR) is 113 cm³/mol. The topological polar surface area (TPSA) is 73.6 Å². The lowest BCUT2D eigenvalue weighted by Crippen LogP contribution is -2.09. The van der Waals surface area contributed by atoms with E-state index >= 15 is 0 Å². The third-order valence-corrected chi connectivity index (χ3v) is 6.48. The molecule has 3 aromatic heterocycles. The van der Waals surface area contributed by atoms with Gasteiger partial charge in [0.25, 0.3) is 0 Å². The molecular formula is C19H24N6OS2. The fraction of sp³-hybridized carbons (Fsp3) is 0.474. The van der Waals surface area contributed by atoms with Crippen LogP contribution < -0.4 is 4.74 Å². The molecule has 0 bridgehead atoms. The number of thiophene rings is 1. The zero-order valence-corrected chi connectivity index (χ0v) is 18.0. The van der Waals surface area contributed by atoms with Crippen molar-refractivity contribution in [3.8, 4) is 22.4 Å². The monoisotopic (exact) mass is 416 g/mol. The maximum Gasteiger partial charge on any atom is 0.321 e. The molecule has 3 aromatic rings. The number of ether oxygens (including phenoxy) is 1. The van der Waals surface area contributed by atoms with E-state index in [0.29, 0.717) is 29.9 Å². The second-order valence-electron chi connectivity index (χ2n) is 7.31. The summed E-state index contributed by atoms with van der Waals surface area (Å²) in [5, 5.41) is 12.7. The van der Waals surface area contributed by atoms with Crippen LogP contribution in [0.2, 0.25) is 0 Å². The number of hydrogen-bond acceptors (Lipinski definition) is 6. The number of nitrogens with one attached hydrogen (secondary N) is 1. The Morgan fingerprint density at radius 3 is 3.00 bits per heavy atom. The van der Waals surface area contributed by atoms with Crippen LogP contribution in [0.5, 0.6) is 6.01 Å². The van der Waals surface area contributed by atoms with Gasteiger partial charge in [0.1, 0.15) is 11.3 Å². The van der Waals surface area contributed by atoms with Crippen LogP contribution in [0.3, 0.4) is 0 Å². The van der Waals surface area contributed by atoms with Gasteiger partial charge in [-0.3, -0.25) is 5.10 Å². The highest BCUT2D eigenvalue weighted by Gasteiger charge is 2.29. The highest BCUT2D eigenvalue weighted by atomic mass is 32.1. The molecule has 0 amide bonds. The van der Waals surface area contributed by atoms with Crippen molar-refractivity contribution in [1.82, 2.24) is 29.5 Å². The molecule has 0 radical (unpaired) electrons. The molecule has 1 aliphatic carbocycles. The lowest BCUT2D eigenvalue weighted by molar-refractivity contribution is 0.304. The van der Waals surface area contributed by atoms with Gasteiger partial charge in [0, 0.05) is 4.88 Å². The Bertz CT molecular complexity index is 1060. The molecule has 28 heavy (non-hydrogen) atoms. The zero-order chi connectivity index (χ0) is 19.8. The Balaban J connectivity index is 1.96. The largest absolute Gasteiger partial charge is 0.464 e. The Kier molecular flexibility index (Phi) is 5.20. The molecule has 0 unspecified atom stereocenters. The number of allylic oxidation sites excluding steroid dienone is 1. The summed E-state index contributed by atoms with van der Waals surface area (Å²) in [6.07, 6.45) is 4.81. The van der Waals surface area contributed by atoms with Gasteiger partial charge < -0.3 is 4.74 Å². The normalized spacial score (nSPS) is 16.2. The molecule has 0 saturated heterocycles. The van der Waals surface area contributed by atoms with Crippen molar-refractivity contribution in [2.75, 3.05) is 6.61 Å². The Hall–Kier alpha value is -2.26. The van der Waals surface area contributed by atoms with Crippen LogP contribution in [0.15, 0.2) is 18.5 Å². The summed E-state index contributed by atoms with van der Waals surface area (Å²) in [4.78, 5) is 5.83. The molecule has 9 heteroatoms. The van der Waals surface area contributed by atoms with Gasteiger partial charge in [-0.2, -0.15) is 5.10 Å². The average Bonchev–Trinajstić information content (AvgIpc) is 3.33. The second-order valence-corrected chi connectivity index (χ2v) is 8.76. The summed E-state index contributed by atoms with van der Waals surface area (Å²) < 4.78 is 10.2. The molecule has 0 aromatic carbocycles. The zero-order valence-electron chi connectivity index (χ0n) is 16.4. The standard InChI is InChI=1S/C19H24N6OS2/c1-5-26-18-23-24(9-11(2)3)19(27)25(18)17-15(16-20-10-21-22-16)13-7-6-12(4)8-14(13)28-17/h10,12H,2,5-9H2,1,3-4H3,(H,20,21,22)/t12-/m0/s1. The summed E-state index contributed by atoms with van der Waals surface area (Å²) in [7, 11) is 0. The molecule has 1 atom stereocenters. The van der Waals surface area contributed by atoms with Gasteiger partial charge in [-0.05, 0) is 56.8 Å². The van der Waals surface area contributed by atoms with Crippen molar-refractivity contribution in [2.45, 2.75) is 46.6 Å². The van der Waals surface area contributed by atoms with Crippen molar-refractivity contribution < 1.29 is 4.74 Å². The number of fused-ring (bicyclic) bond motifs is 1. The number of aromatic amines is 1. The first kappa shape index (κ1) is 19.1. The van der Waals surface area contributed by atoms with Crippen LogP contribution in [0, 0.1) is 10.7 Å². The molecule has 0 fully saturated rings. The molecule has 148 valence electrons. The molecule has 0 aliphatic heterocycles. The number of rotatable bonds is 6. The number of hydrogen-bond donors (Lipinski definition) is 1. The summed E-state index contributed by atoms with van der Waals surface area (Å²) in [5.41, 5.74) is 3.39. The van der Waals surface area contributed by atoms with E-state index in [-0.39, 0.29) is 0 Å². The van der Waals surface area contributed by atoms with E-state index in [1.54, 1.807) is 22.3 Å². The number of H-pyrrole nitrogens is 1. The van der Waals surface area contributed by atoms with Gasteiger partial charge in [-0.15, -0.1) is 16.4 Å². The Morgan fingerprint density at radius 1 is 1.50 bits per heavy atom. The first-order valence-corrected chi connectivity index (χ1v) is 10.7. The van der Waals surface area contributed by atoms with Crippen LogP contribution in [0.25, 0.3) is 16.4 Å². The fourth-order valence-corrected chi connectivity index (χ4v) is 5.45.